The molecule has 1 aromatic rings. The second-order valence-corrected chi connectivity index (χ2v) is 5.89. The van der Waals surface area contributed by atoms with E-state index in [1.165, 1.54) is 42.8 Å². The first-order chi connectivity index (χ1) is 9.33. The highest BCUT2D eigenvalue weighted by Gasteiger charge is 2.43. The molecule has 0 saturated heterocycles. The van der Waals surface area contributed by atoms with Crippen LogP contribution >= 0.6 is 11.8 Å². The summed E-state index contributed by atoms with van der Waals surface area (Å²) in [5.41, 5.74) is 0.725. The largest absolute Gasteiger partial charge is 0.304 e. The first-order valence-electron chi connectivity index (χ1n) is 5.95. The number of halogens is 1. The van der Waals surface area contributed by atoms with Crippen molar-refractivity contribution in [3.05, 3.63) is 35.6 Å². The molecule has 0 spiro atoms. The summed E-state index contributed by atoms with van der Waals surface area (Å²) >= 11 is 1.24. The normalized spacial score (nSPS) is 21.6. The lowest BCUT2D eigenvalue weighted by molar-refractivity contribution is -0.131. The predicted molar refractivity (Wildman–Crippen MR) is 75.1 cm³/mol. The lowest BCUT2D eigenvalue weighted by Crippen LogP contribution is -2.37. The maximum atomic E-state index is 13.0. The van der Waals surface area contributed by atoms with E-state index in [2.05, 4.69) is 10.4 Å². The molecule has 0 aromatic heterocycles. The number of amides is 2. The van der Waals surface area contributed by atoms with Crippen LogP contribution in [0.15, 0.2) is 29.4 Å². The van der Waals surface area contributed by atoms with Crippen LogP contribution in [0.4, 0.5) is 4.39 Å². The van der Waals surface area contributed by atoms with Gasteiger partial charge >= 0.3 is 0 Å². The van der Waals surface area contributed by atoms with Crippen LogP contribution in [0, 0.1) is 5.82 Å². The van der Waals surface area contributed by atoms with Gasteiger partial charge < -0.3 is 5.32 Å². The Morgan fingerprint density at radius 2 is 1.90 bits per heavy atom. The minimum atomic E-state index is -0.808. The van der Waals surface area contributed by atoms with E-state index in [-0.39, 0.29) is 17.6 Å². The fourth-order valence-electron chi connectivity index (χ4n) is 1.95. The average molecular weight is 295 g/mol. The van der Waals surface area contributed by atoms with Crippen molar-refractivity contribution >= 4 is 28.7 Å². The molecule has 2 amide bonds. The molecule has 106 valence electrons. The number of carbonyl (C=O) groups is 2. The van der Waals surface area contributed by atoms with Crippen LogP contribution in [0.25, 0.3) is 0 Å². The molecule has 20 heavy (non-hydrogen) atoms. The number of hydrogen-bond donors (Lipinski definition) is 1. The third kappa shape index (κ3) is 2.67. The minimum absolute atomic E-state index is 0.260. The monoisotopic (exact) mass is 295 g/mol. The molecule has 1 unspecified atom stereocenters. The van der Waals surface area contributed by atoms with Crippen molar-refractivity contribution in [1.82, 2.24) is 10.3 Å². The van der Waals surface area contributed by atoms with E-state index in [0.717, 1.165) is 5.56 Å². The van der Waals surface area contributed by atoms with Crippen molar-refractivity contribution < 1.29 is 14.0 Å². The van der Waals surface area contributed by atoms with Crippen molar-refractivity contribution in [3.8, 4) is 0 Å². The van der Waals surface area contributed by atoms with Gasteiger partial charge in [-0.15, -0.1) is 5.10 Å². The highest BCUT2D eigenvalue weighted by Crippen LogP contribution is 2.44. The topological polar surface area (TPSA) is 61.8 Å². The molecule has 2 rings (SSSR count). The standard InChI is InChI=1S/C13H14FN3O2S/c1-8(18)15-12-16-17(9(2)19)13(3,20-12)10-4-6-11(14)7-5-10/h4-7H,1-3H3,(H,15,16,18). The van der Waals surface area contributed by atoms with Gasteiger partial charge in [-0.2, -0.15) is 0 Å². The molecular weight excluding hydrogens is 281 g/mol. The third-order valence-electron chi connectivity index (χ3n) is 2.85. The van der Waals surface area contributed by atoms with E-state index in [4.69, 9.17) is 0 Å². The molecule has 0 aliphatic carbocycles. The molecule has 0 bridgehead atoms. The SMILES string of the molecule is CC(=O)NC1=NN(C(C)=O)C(C)(c2ccc(F)cc2)S1. The lowest BCUT2D eigenvalue weighted by Gasteiger charge is -2.31. The highest BCUT2D eigenvalue weighted by atomic mass is 32.2. The number of carbonyl (C=O) groups excluding carboxylic acids is 2. The summed E-state index contributed by atoms with van der Waals surface area (Å²) in [7, 11) is 0. The van der Waals surface area contributed by atoms with Crippen molar-refractivity contribution in [3.63, 3.8) is 0 Å². The molecule has 0 saturated carbocycles. The first-order valence-corrected chi connectivity index (χ1v) is 6.76. The Bertz CT molecular complexity index is 588. The summed E-state index contributed by atoms with van der Waals surface area (Å²) < 4.78 is 13.0. The lowest BCUT2D eigenvalue weighted by atomic mass is 10.1. The van der Waals surface area contributed by atoms with Gasteiger partial charge in [0.15, 0.2) is 5.17 Å². The summed E-state index contributed by atoms with van der Waals surface area (Å²) in [5.74, 6) is -0.870. The molecule has 0 fully saturated rings. The second-order valence-electron chi connectivity index (χ2n) is 4.51. The Morgan fingerprint density at radius 1 is 1.30 bits per heavy atom. The second kappa shape index (κ2) is 5.24. The number of nitrogens with zero attached hydrogens (tertiary/aromatic N) is 2. The van der Waals surface area contributed by atoms with Gasteiger partial charge in [-0.25, -0.2) is 9.40 Å². The number of hydrazone groups is 1. The van der Waals surface area contributed by atoms with E-state index < -0.39 is 4.87 Å². The highest BCUT2D eigenvalue weighted by molar-refractivity contribution is 8.14. The summed E-state index contributed by atoms with van der Waals surface area (Å²) in [6, 6.07) is 5.86. The van der Waals surface area contributed by atoms with Crippen molar-refractivity contribution in [2.75, 3.05) is 0 Å². The van der Waals surface area contributed by atoms with Gasteiger partial charge in [0, 0.05) is 13.8 Å². The van der Waals surface area contributed by atoms with Crippen molar-refractivity contribution in [1.29, 1.82) is 0 Å². The zero-order valence-electron chi connectivity index (χ0n) is 11.3. The molecule has 5 nitrogen and oxygen atoms in total. The average Bonchev–Trinajstić information content (AvgIpc) is 2.67. The van der Waals surface area contributed by atoms with Crippen LogP contribution in [-0.2, 0) is 14.5 Å². The van der Waals surface area contributed by atoms with Gasteiger partial charge in [0.1, 0.15) is 10.7 Å². The molecular formula is C13H14FN3O2S. The molecule has 1 aliphatic heterocycles. The molecule has 1 N–H and O–H groups in total. The number of nitrogens with one attached hydrogen (secondary N) is 1. The maximum Gasteiger partial charge on any atom is 0.241 e. The summed E-state index contributed by atoms with van der Waals surface area (Å²) in [6.45, 7) is 4.56. The maximum absolute atomic E-state index is 13.0. The van der Waals surface area contributed by atoms with Gasteiger partial charge in [-0.3, -0.25) is 9.59 Å². The van der Waals surface area contributed by atoms with Crippen LogP contribution in [0.3, 0.4) is 0 Å². The summed E-state index contributed by atoms with van der Waals surface area (Å²) in [6.07, 6.45) is 0. The Labute approximate surface area is 120 Å². The van der Waals surface area contributed by atoms with Gasteiger partial charge in [0.25, 0.3) is 0 Å². The fourth-order valence-corrected chi connectivity index (χ4v) is 3.15. The first kappa shape index (κ1) is 14.5. The zero-order valence-corrected chi connectivity index (χ0v) is 12.1. The third-order valence-corrected chi connectivity index (χ3v) is 4.03. The molecule has 1 atom stereocenters. The molecule has 0 radical (unpaired) electrons. The van der Waals surface area contributed by atoms with Crippen LogP contribution in [0.2, 0.25) is 0 Å². The number of hydrogen-bond acceptors (Lipinski definition) is 4. The van der Waals surface area contributed by atoms with Gasteiger partial charge in [0.05, 0.1) is 0 Å². The minimum Gasteiger partial charge on any atom is -0.304 e. The summed E-state index contributed by atoms with van der Waals surface area (Å²) in [5, 5.41) is 8.32. The van der Waals surface area contributed by atoms with Gasteiger partial charge in [-0.05, 0) is 24.6 Å². The number of amidine groups is 1. The Morgan fingerprint density at radius 3 is 2.40 bits per heavy atom. The van der Waals surface area contributed by atoms with Crippen LogP contribution in [-0.4, -0.2) is 22.0 Å². The van der Waals surface area contributed by atoms with E-state index in [0.29, 0.717) is 5.17 Å². The van der Waals surface area contributed by atoms with E-state index in [1.807, 2.05) is 0 Å². The smallest absolute Gasteiger partial charge is 0.241 e. The van der Waals surface area contributed by atoms with Gasteiger partial charge in [-0.1, -0.05) is 23.9 Å². The number of benzene rings is 1. The fraction of sp³-hybridized carbons (Fsp3) is 0.308. The van der Waals surface area contributed by atoms with Crippen LogP contribution < -0.4 is 5.32 Å². The number of rotatable bonds is 1. The van der Waals surface area contributed by atoms with Crippen molar-refractivity contribution in [2.24, 2.45) is 5.10 Å². The Hall–Kier alpha value is -1.89. The van der Waals surface area contributed by atoms with E-state index in [1.54, 1.807) is 19.1 Å². The van der Waals surface area contributed by atoms with Crippen LogP contribution in [0.5, 0.6) is 0 Å². The van der Waals surface area contributed by atoms with Crippen molar-refractivity contribution in [2.45, 2.75) is 25.6 Å². The summed E-state index contributed by atoms with van der Waals surface area (Å²) in [4.78, 5) is 22.1. The molecule has 1 heterocycles. The Kier molecular flexibility index (Phi) is 3.80. The van der Waals surface area contributed by atoms with Crippen LogP contribution in [0.1, 0.15) is 26.3 Å². The molecule has 7 heteroatoms. The zero-order chi connectivity index (χ0) is 14.9. The quantitative estimate of drug-likeness (QED) is 0.862. The van der Waals surface area contributed by atoms with Gasteiger partial charge in [0.2, 0.25) is 11.8 Å². The molecule has 1 aromatic carbocycles. The Balaban J connectivity index is 2.37. The van der Waals surface area contributed by atoms with E-state index in [9.17, 15) is 14.0 Å². The van der Waals surface area contributed by atoms with E-state index >= 15 is 0 Å². The number of thioether (sulfide) groups is 1. The predicted octanol–water partition coefficient (Wildman–Crippen LogP) is 2.00. The molecule has 1 aliphatic rings.